The summed E-state index contributed by atoms with van der Waals surface area (Å²) in [6.07, 6.45) is 4.84. The van der Waals surface area contributed by atoms with Crippen molar-refractivity contribution in [3.8, 4) is 11.5 Å². The molecule has 0 N–H and O–H groups in total. The number of hydrogen-bond donors (Lipinski definition) is 0. The number of benzene rings is 4. The number of ether oxygens (including phenoxy) is 2. The number of halogens is 1. The molecule has 1 aliphatic heterocycles. The van der Waals surface area contributed by atoms with Crippen molar-refractivity contribution in [1.29, 1.82) is 0 Å². The first kappa shape index (κ1) is 24.7. The molecule has 4 nitrogen and oxygen atoms in total. The van der Waals surface area contributed by atoms with Gasteiger partial charge in [-0.3, -0.25) is 4.79 Å². The third kappa shape index (κ3) is 5.25. The van der Waals surface area contributed by atoms with E-state index in [1.165, 1.54) is 0 Å². The van der Waals surface area contributed by atoms with Crippen molar-refractivity contribution in [2.75, 3.05) is 20.8 Å². The fraction of sp³-hybridized carbons (Fsp3) is 0.156. The van der Waals surface area contributed by atoms with Crippen LogP contribution in [0.5, 0.6) is 11.5 Å². The van der Waals surface area contributed by atoms with Gasteiger partial charge in [-0.25, -0.2) is 0 Å². The summed E-state index contributed by atoms with van der Waals surface area (Å²) in [6, 6.07) is 29.3. The van der Waals surface area contributed by atoms with Crippen LogP contribution in [0.1, 0.15) is 44.2 Å². The molecule has 5 heteroatoms. The second-order valence-electron chi connectivity index (χ2n) is 8.97. The maximum absolute atomic E-state index is 13.9. The van der Waals surface area contributed by atoms with Crippen molar-refractivity contribution in [3.05, 3.63) is 129 Å². The highest BCUT2D eigenvalue weighted by molar-refractivity contribution is 6.30. The molecule has 0 spiro atoms. The van der Waals surface area contributed by atoms with Crippen molar-refractivity contribution in [2.45, 2.75) is 12.5 Å². The minimum atomic E-state index is -0.272. The van der Waals surface area contributed by atoms with E-state index in [0.717, 1.165) is 34.2 Å². The molecule has 186 valence electrons. The molecular weight excluding hydrogens is 482 g/mol. The lowest BCUT2D eigenvalue weighted by Gasteiger charge is -2.38. The van der Waals surface area contributed by atoms with Crippen molar-refractivity contribution in [3.63, 3.8) is 0 Å². The van der Waals surface area contributed by atoms with Crippen LogP contribution in [-0.2, 0) is 6.42 Å². The minimum absolute atomic E-state index is 0.0148. The first-order valence-electron chi connectivity index (χ1n) is 12.2. The van der Waals surface area contributed by atoms with E-state index in [9.17, 15) is 4.79 Å². The van der Waals surface area contributed by atoms with Gasteiger partial charge in [0.1, 0.15) is 0 Å². The van der Waals surface area contributed by atoms with Gasteiger partial charge >= 0.3 is 0 Å². The molecule has 1 heterocycles. The van der Waals surface area contributed by atoms with Crippen molar-refractivity contribution < 1.29 is 14.3 Å². The largest absolute Gasteiger partial charge is 0.493 e. The Labute approximate surface area is 222 Å². The maximum atomic E-state index is 13.9. The second-order valence-corrected chi connectivity index (χ2v) is 9.41. The van der Waals surface area contributed by atoms with E-state index in [-0.39, 0.29) is 11.9 Å². The summed E-state index contributed by atoms with van der Waals surface area (Å²) in [5.41, 5.74) is 5.99. The zero-order valence-corrected chi connectivity index (χ0v) is 21.6. The summed E-state index contributed by atoms with van der Waals surface area (Å²) in [7, 11) is 3.26. The lowest BCUT2D eigenvalue weighted by molar-refractivity contribution is 0.0694. The number of carbonyl (C=O) groups is 1. The Kier molecular flexibility index (Phi) is 7.29. The molecule has 37 heavy (non-hydrogen) atoms. The molecule has 0 aliphatic carbocycles. The summed E-state index contributed by atoms with van der Waals surface area (Å²) in [5.74, 6) is 1.32. The summed E-state index contributed by atoms with van der Waals surface area (Å²) in [6.45, 7) is 0.588. The molecule has 0 aromatic heterocycles. The van der Waals surface area contributed by atoms with E-state index in [2.05, 4.69) is 24.3 Å². The smallest absolute Gasteiger partial charge is 0.254 e. The number of amides is 1. The quantitative estimate of drug-likeness (QED) is 0.256. The topological polar surface area (TPSA) is 38.8 Å². The number of hydrogen-bond acceptors (Lipinski definition) is 3. The fourth-order valence-corrected chi connectivity index (χ4v) is 4.95. The molecule has 4 aromatic rings. The van der Waals surface area contributed by atoms with Crippen LogP contribution in [-0.4, -0.2) is 31.6 Å². The Hall–Kier alpha value is -4.02. The SMILES string of the molecule is COc1cc2c(cc1OC)C(c1ccc(Cl)cc1)N(C(=O)c1ccc(/C=C/c3ccccc3)cc1)CC2. The van der Waals surface area contributed by atoms with Gasteiger partial charge in [0, 0.05) is 17.1 Å². The summed E-state index contributed by atoms with van der Waals surface area (Å²) >= 11 is 6.19. The van der Waals surface area contributed by atoms with Crippen LogP contribution in [0.3, 0.4) is 0 Å². The summed E-state index contributed by atoms with van der Waals surface area (Å²) < 4.78 is 11.1. The molecule has 5 rings (SSSR count). The van der Waals surface area contributed by atoms with Crippen LogP contribution >= 0.6 is 11.6 Å². The number of fused-ring (bicyclic) bond motifs is 1. The standard InChI is InChI=1S/C32H28ClNO3/c1-36-29-20-26-18-19-34(31(28(26)21-30(29)37-2)24-14-16-27(33)17-15-24)32(35)25-12-10-23(11-13-25)9-8-22-6-4-3-5-7-22/h3-17,20-21,31H,18-19H2,1-2H3/b9-8+. The lowest BCUT2D eigenvalue weighted by atomic mass is 9.87. The average Bonchev–Trinajstić information content (AvgIpc) is 2.95. The molecular formula is C32H28ClNO3. The zero-order chi connectivity index (χ0) is 25.8. The molecule has 0 saturated carbocycles. The highest BCUT2D eigenvalue weighted by Crippen LogP contribution is 2.41. The average molecular weight is 510 g/mol. The van der Waals surface area contributed by atoms with Gasteiger partial charge in [0.2, 0.25) is 0 Å². The first-order valence-corrected chi connectivity index (χ1v) is 12.6. The number of methoxy groups -OCH3 is 2. The van der Waals surface area contributed by atoms with Gasteiger partial charge in [-0.2, -0.15) is 0 Å². The Morgan fingerprint density at radius 3 is 2.11 bits per heavy atom. The minimum Gasteiger partial charge on any atom is -0.493 e. The van der Waals surface area contributed by atoms with E-state index >= 15 is 0 Å². The zero-order valence-electron chi connectivity index (χ0n) is 20.9. The van der Waals surface area contributed by atoms with Crippen molar-refractivity contribution in [2.24, 2.45) is 0 Å². The van der Waals surface area contributed by atoms with Crippen molar-refractivity contribution in [1.82, 2.24) is 4.90 Å². The third-order valence-electron chi connectivity index (χ3n) is 6.75. The van der Waals surface area contributed by atoms with Crippen LogP contribution in [0.15, 0.2) is 91.0 Å². The van der Waals surface area contributed by atoms with Gasteiger partial charge in [-0.1, -0.05) is 78.4 Å². The van der Waals surface area contributed by atoms with E-state index in [1.807, 2.05) is 83.8 Å². The van der Waals surface area contributed by atoms with Gasteiger partial charge < -0.3 is 14.4 Å². The highest BCUT2D eigenvalue weighted by atomic mass is 35.5. The van der Waals surface area contributed by atoms with Crippen LogP contribution in [0, 0.1) is 0 Å². The third-order valence-corrected chi connectivity index (χ3v) is 7.00. The van der Waals surface area contributed by atoms with Gasteiger partial charge in [0.05, 0.1) is 20.3 Å². The van der Waals surface area contributed by atoms with Gasteiger partial charge in [-0.05, 0) is 70.6 Å². The lowest BCUT2D eigenvalue weighted by Crippen LogP contribution is -2.40. The van der Waals surface area contributed by atoms with Crippen LogP contribution in [0.4, 0.5) is 0 Å². The monoisotopic (exact) mass is 509 g/mol. The van der Waals surface area contributed by atoms with E-state index < -0.39 is 0 Å². The van der Waals surface area contributed by atoms with E-state index in [0.29, 0.717) is 28.6 Å². The molecule has 0 fully saturated rings. The van der Waals surface area contributed by atoms with Crippen LogP contribution < -0.4 is 9.47 Å². The molecule has 0 radical (unpaired) electrons. The Morgan fingerprint density at radius 1 is 0.838 bits per heavy atom. The Balaban J connectivity index is 1.48. The van der Waals surface area contributed by atoms with E-state index in [4.69, 9.17) is 21.1 Å². The van der Waals surface area contributed by atoms with Gasteiger partial charge in [0.15, 0.2) is 11.5 Å². The molecule has 0 bridgehead atoms. The van der Waals surface area contributed by atoms with Crippen molar-refractivity contribution >= 4 is 29.7 Å². The molecule has 0 saturated heterocycles. The summed E-state index contributed by atoms with van der Waals surface area (Å²) in [4.78, 5) is 15.8. The first-order chi connectivity index (χ1) is 18.1. The maximum Gasteiger partial charge on any atom is 0.254 e. The number of carbonyl (C=O) groups excluding carboxylic acids is 1. The molecule has 1 unspecified atom stereocenters. The molecule has 1 amide bonds. The normalized spacial score (nSPS) is 14.9. The number of rotatable bonds is 6. The predicted octanol–water partition coefficient (Wildman–Crippen LogP) is 7.32. The fourth-order valence-electron chi connectivity index (χ4n) is 4.83. The van der Waals surface area contributed by atoms with E-state index in [1.54, 1.807) is 14.2 Å². The highest BCUT2D eigenvalue weighted by Gasteiger charge is 2.33. The molecule has 1 aliphatic rings. The van der Waals surface area contributed by atoms with Gasteiger partial charge in [0.25, 0.3) is 5.91 Å². The van der Waals surface area contributed by atoms with Crippen LogP contribution in [0.2, 0.25) is 5.02 Å². The van der Waals surface area contributed by atoms with Gasteiger partial charge in [-0.15, -0.1) is 0 Å². The van der Waals surface area contributed by atoms with Crippen LogP contribution in [0.25, 0.3) is 12.2 Å². The second kappa shape index (κ2) is 10.9. The Bertz CT molecular complexity index is 1410. The molecule has 4 aromatic carbocycles. The number of nitrogens with zero attached hydrogens (tertiary/aromatic N) is 1. The Morgan fingerprint density at radius 2 is 1.46 bits per heavy atom. The predicted molar refractivity (Wildman–Crippen MR) is 149 cm³/mol. The molecule has 1 atom stereocenters. The summed E-state index contributed by atoms with van der Waals surface area (Å²) in [5, 5.41) is 0.657.